The van der Waals surface area contributed by atoms with Gasteiger partial charge in [-0.25, -0.2) is 0 Å². The summed E-state index contributed by atoms with van der Waals surface area (Å²) in [4.78, 5) is 21.8. The molecule has 4 nitrogen and oxygen atoms in total. The molecule has 0 fully saturated rings. The molecule has 19 heavy (non-hydrogen) atoms. The Labute approximate surface area is 138 Å². The molecule has 1 amide bonds. The summed E-state index contributed by atoms with van der Waals surface area (Å²) in [5.74, 6) is -1.69. The minimum atomic E-state index is -1.23. The summed E-state index contributed by atoms with van der Waals surface area (Å²) in [5, 5.41) is 13.2. The molecule has 104 valence electrons. The molecule has 0 bridgehead atoms. The second-order valence-corrected chi connectivity index (χ2v) is 4.49. The minimum Gasteiger partial charge on any atom is -0.548 e. The van der Waals surface area contributed by atoms with Crippen molar-refractivity contribution in [2.45, 2.75) is 64.3 Å². The molecular weight excluding hydrogens is 253 g/mol. The van der Waals surface area contributed by atoms with Crippen LogP contribution in [-0.4, -0.2) is 17.9 Å². The molecule has 0 spiro atoms. The number of carboxylic acids is 1. The van der Waals surface area contributed by atoms with Crippen molar-refractivity contribution in [2.24, 2.45) is 0 Å². The van der Waals surface area contributed by atoms with E-state index in [1.807, 2.05) is 0 Å². The Bertz CT molecular complexity index is 269. The number of unbranched alkanes of at least 4 members (excludes halogenated alkanes) is 6. The van der Waals surface area contributed by atoms with Crippen LogP contribution in [0, 0.1) is 0 Å². The zero-order valence-corrected chi connectivity index (χ0v) is 14.2. The SMILES string of the molecule is C=CC(=O)NC(CCCCCCCCC)C(=O)[O-].[Na+]. The van der Waals surface area contributed by atoms with E-state index in [0.29, 0.717) is 6.42 Å². The maximum atomic E-state index is 11.0. The molecule has 0 aromatic rings. The first-order valence-corrected chi connectivity index (χ1v) is 6.75. The van der Waals surface area contributed by atoms with E-state index in [2.05, 4.69) is 18.8 Å². The predicted molar refractivity (Wildman–Crippen MR) is 69.7 cm³/mol. The summed E-state index contributed by atoms with van der Waals surface area (Å²) in [5.41, 5.74) is 0. The molecule has 1 atom stereocenters. The van der Waals surface area contributed by atoms with Crippen LogP contribution < -0.4 is 40.0 Å². The van der Waals surface area contributed by atoms with Crippen LogP contribution >= 0.6 is 0 Å². The van der Waals surface area contributed by atoms with Crippen LogP contribution in [0.2, 0.25) is 0 Å². The van der Waals surface area contributed by atoms with E-state index in [1.54, 1.807) is 0 Å². The van der Waals surface area contributed by atoms with Crippen molar-refractivity contribution in [3.63, 3.8) is 0 Å². The number of nitrogens with one attached hydrogen (secondary N) is 1. The van der Waals surface area contributed by atoms with Gasteiger partial charge in [-0.15, -0.1) is 0 Å². The Kier molecular flexibility index (Phi) is 15.6. The molecular formula is C14H24NNaO3. The first-order chi connectivity index (χ1) is 8.61. The first kappa shape index (κ1) is 21.0. The molecule has 0 rings (SSSR count). The molecule has 1 unspecified atom stereocenters. The summed E-state index contributed by atoms with van der Waals surface area (Å²) in [6.07, 6.45) is 9.33. The Morgan fingerprint density at radius 2 is 1.68 bits per heavy atom. The van der Waals surface area contributed by atoms with Crippen molar-refractivity contribution in [3.8, 4) is 0 Å². The molecule has 1 N–H and O–H groups in total. The van der Waals surface area contributed by atoms with E-state index >= 15 is 0 Å². The predicted octanol–water partition coefficient (Wildman–Crippen LogP) is -1.45. The Balaban J connectivity index is 0. The van der Waals surface area contributed by atoms with Gasteiger partial charge in [-0.1, -0.05) is 58.4 Å². The van der Waals surface area contributed by atoms with Gasteiger partial charge >= 0.3 is 29.6 Å². The van der Waals surface area contributed by atoms with E-state index in [4.69, 9.17) is 0 Å². The smallest absolute Gasteiger partial charge is 0.548 e. The molecule has 0 saturated carbocycles. The van der Waals surface area contributed by atoms with Gasteiger partial charge in [-0.3, -0.25) is 4.79 Å². The van der Waals surface area contributed by atoms with Crippen LogP contribution in [0.4, 0.5) is 0 Å². The van der Waals surface area contributed by atoms with Gasteiger partial charge in [-0.05, 0) is 12.5 Å². The monoisotopic (exact) mass is 277 g/mol. The maximum Gasteiger partial charge on any atom is 1.00 e. The Morgan fingerprint density at radius 1 is 1.16 bits per heavy atom. The van der Waals surface area contributed by atoms with Gasteiger partial charge in [0.2, 0.25) is 5.91 Å². The van der Waals surface area contributed by atoms with Crippen molar-refractivity contribution in [3.05, 3.63) is 12.7 Å². The third-order valence-corrected chi connectivity index (χ3v) is 2.88. The number of aliphatic carboxylic acids is 1. The van der Waals surface area contributed by atoms with Gasteiger partial charge < -0.3 is 15.2 Å². The van der Waals surface area contributed by atoms with Gasteiger partial charge in [-0.2, -0.15) is 0 Å². The first-order valence-electron chi connectivity index (χ1n) is 6.75. The van der Waals surface area contributed by atoms with E-state index < -0.39 is 17.9 Å². The maximum absolute atomic E-state index is 11.0. The zero-order chi connectivity index (χ0) is 13.8. The Hall–Kier alpha value is -0.320. The fraction of sp³-hybridized carbons (Fsp3) is 0.714. The van der Waals surface area contributed by atoms with Crippen molar-refractivity contribution < 1.29 is 44.3 Å². The third-order valence-electron chi connectivity index (χ3n) is 2.88. The molecule has 0 aromatic heterocycles. The Morgan fingerprint density at radius 3 is 2.16 bits per heavy atom. The molecule has 0 heterocycles. The molecule has 5 heteroatoms. The number of carbonyl (C=O) groups is 2. The third kappa shape index (κ3) is 12.5. The van der Waals surface area contributed by atoms with E-state index in [9.17, 15) is 14.7 Å². The molecule has 0 aromatic carbocycles. The molecule has 0 aliphatic rings. The number of carbonyl (C=O) groups excluding carboxylic acids is 2. The van der Waals surface area contributed by atoms with E-state index in [-0.39, 0.29) is 29.6 Å². The second-order valence-electron chi connectivity index (χ2n) is 4.49. The summed E-state index contributed by atoms with van der Waals surface area (Å²) < 4.78 is 0. The topological polar surface area (TPSA) is 69.2 Å². The van der Waals surface area contributed by atoms with Crippen LogP contribution in [0.15, 0.2) is 12.7 Å². The van der Waals surface area contributed by atoms with Gasteiger partial charge in [0.15, 0.2) is 0 Å². The standard InChI is InChI=1S/C14H25NO3.Na/c1-3-5-6-7-8-9-10-11-12(14(17)18)15-13(16)4-2;/h4,12H,2-3,5-11H2,1H3,(H,15,16)(H,17,18);/q;+1/p-1. The largest absolute Gasteiger partial charge is 1.00 e. The van der Waals surface area contributed by atoms with Gasteiger partial charge in [0, 0.05) is 0 Å². The molecule has 0 aliphatic heterocycles. The van der Waals surface area contributed by atoms with E-state index in [0.717, 1.165) is 25.3 Å². The van der Waals surface area contributed by atoms with Crippen LogP contribution in [0.3, 0.4) is 0 Å². The van der Waals surface area contributed by atoms with Gasteiger partial charge in [0.25, 0.3) is 0 Å². The average Bonchev–Trinajstić information content (AvgIpc) is 2.35. The molecule has 0 saturated heterocycles. The van der Waals surface area contributed by atoms with E-state index in [1.165, 1.54) is 25.7 Å². The summed E-state index contributed by atoms with van der Waals surface area (Å²) in [6.45, 7) is 5.46. The van der Waals surface area contributed by atoms with Gasteiger partial charge in [0.05, 0.1) is 12.0 Å². The molecule has 0 radical (unpaired) electrons. The summed E-state index contributed by atoms with van der Waals surface area (Å²) >= 11 is 0. The molecule has 0 aliphatic carbocycles. The number of carboxylic acid groups (broad SMARTS) is 1. The second kappa shape index (κ2) is 14.1. The summed E-state index contributed by atoms with van der Waals surface area (Å²) in [6, 6.07) is -0.897. The van der Waals surface area contributed by atoms with Crippen LogP contribution in [0.25, 0.3) is 0 Å². The number of hydrogen-bond donors (Lipinski definition) is 1. The van der Waals surface area contributed by atoms with Crippen LogP contribution in [0.1, 0.15) is 58.3 Å². The number of amides is 1. The van der Waals surface area contributed by atoms with Crippen molar-refractivity contribution in [2.75, 3.05) is 0 Å². The summed E-state index contributed by atoms with van der Waals surface area (Å²) in [7, 11) is 0. The number of rotatable bonds is 11. The zero-order valence-electron chi connectivity index (χ0n) is 12.2. The van der Waals surface area contributed by atoms with Crippen LogP contribution in [-0.2, 0) is 9.59 Å². The fourth-order valence-electron chi connectivity index (χ4n) is 1.79. The van der Waals surface area contributed by atoms with Crippen LogP contribution in [0.5, 0.6) is 0 Å². The minimum absolute atomic E-state index is 0. The normalized spacial score (nSPS) is 11.2. The quantitative estimate of drug-likeness (QED) is 0.285. The fourth-order valence-corrected chi connectivity index (χ4v) is 1.79. The van der Waals surface area contributed by atoms with Crippen molar-refractivity contribution in [1.82, 2.24) is 5.32 Å². The van der Waals surface area contributed by atoms with Crippen molar-refractivity contribution in [1.29, 1.82) is 0 Å². The van der Waals surface area contributed by atoms with Crippen molar-refractivity contribution >= 4 is 11.9 Å². The average molecular weight is 277 g/mol. The van der Waals surface area contributed by atoms with Gasteiger partial charge in [0.1, 0.15) is 0 Å². The number of hydrogen-bond acceptors (Lipinski definition) is 3.